The number of hydrogen-bond donors (Lipinski definition) is 0. The summed E-state index contributed by atoms with van der Waals surface area (Å²) in [4.78, 5) is 12.7. The Hall–Kier alpha value is -2.31. The number of rotatable bonds is 6. The fourth-order valence-corrected chi connectivity index (χ4v) is 4.09. The zero-order valence-corrected chi connectivity index (χ0v) is 20.2. The number of allylic oxidation sites excluding steroid dienone is 1. The summed E-state index contributed by atoms with van der Waals surface area (Å²) in [5, 5.41) is 9.56. The molecule has 0 amide bonds. The summed E-state index contributed by atoms with van der Waals surface area (Å²) < 4.78 is 49.9. The van der Waals surface area contributed by atoms with Crippen molar-refractivity contribution in [2.75, 3.05) is 0 Å². The molecule has 3 atom stereocenters. The molecule has 4 nitrogen and oxygen atoms in total. The Morgan fingerprint density at radius 3 is 2.38 bits per heavy atom. The summed E-state index contributed by atoms with van der Waals surface area (Å²) >= 11 is 6.59. The molecule has 1 aliphatic rings. The van der Waals surface area contributed by atoms with Gasteiger partial charge < -0.3 is 9.47 Å². The van der Waals surface area contributed by atoms with Crippen molar-refractivity contribution in [3.05, 3.63) is 69.1 Å². The number of carbonyl (C=O) groups excluding carboxylic acids is 1. The number of halogens is 5. The maximum absolute atomic E-state index is 12.7. The second-order valence-electron chi connectivity index (χ2n) is 7.92. The van der Waals surface area contributed by atoms with Crippen molar-refractivity contribution in [1.82, 2.24) is 0 Å². The molecule has 3 rings (SSSR count). The average molecular weight is 573 g/mol. The quantitative estimate of drug-likeness (QED) is 0.336. The molecule has 0 unspecified atom stereocenters. The molecular weight excluding hydrogens is 555 g/mol. The summed E-state index contributed by atoms with van der Waals surface area (Å²) in [6, 6.07) is 12.6. The number of carbonyl (C=O) groups is 1. The molecule has 0 aliphatic heterocycles. The molecule has 0 N–H and O–H groups in total. The molecular formula is C23H18Br2F3NO3. The fraction of sp³-hybridized carbons (Fsp3) is 0.304. The van der Waals surface area contributed by atoms with Gasteiger partial charge in [-0.1, -0.05) is 32.1 Å². The van der Waals surface area contributed by atoms with E-state index in [2.05, 4.69) is 31.9 Å². The lowest BCUT2D eigenvalue weighted by molar-refractivity contribution is -0.149. The van der Waals surface area contributed by atoms with Gasteiger partial charge in [-0.3, -0.25) is 4.79 Å². The fourth-order valence-electron chi connectivity index (χ4n) is 3.52. The van der Waals surface area contributed by atoms with Crippen molar-refractivity contribution in [2.24, 2.45) is 17.3 Å². The van der Waals surface area contributed by atoms with E-state index in [1.165, 1.54) is 18.2 Å². The van der Waals surface area contributed by atoms with Crippen LogP contribution in [-0.4, -0.2) is 5.97 Å². The highest BCUT2D eigenvalue weighted by Gasteiger charge is 2.61. The number of nitriles is 1. The van der Waals surface area contributed by atoms with Crippen LogP contribution in [0.1, 0.15) is 31.1 Å². The first-order valence-electron chi connectivity index (χ1n) is 9.51. The van der Waals surface area contributed by atoms with Gasteiger partial charge in [-0.2, -0.15) is 18.4 Å². The lowest BCUT2D eigenvalue weighted by atomic mass is 10.1. The van der Waals surface area contributed by atoms with Gasteiger partial charge in [-0.05, 0) is 79.6 Å². The molecule has 0 saturated heterocycles. The number of alkyl halides is 3. The van der Waals surface area contributed by atoms with Crippen LogP contribution in [0, 0.1) is 28.6 Å². The van der Waals surface area contributed by atoms with Gasteiger partial charge in [-0.15, -0.1) is 0 Å². The standard InChI is InChI=1S/C23H18Br2F3NO3/c1-22(2)17(11-19(24)25)20(22)21(30)32-18(12-29)13-4-3-5-16(10-13)31-15-8-6-14(7-9-15)23(26,27)28/h3-11,17-18,20H,1-2H3/t17-,18+,20-/m0/s1. The van der Waals surface area contributed by atoms with E-state index in [1.54, 1.807) is 18.2 Å². The van der Waals surface area contributed by atoms with Gasteiger partial charge in [0.1, 0.15) is 17.6 Å². The Bertz CT molecular complexity index is 1070. The predicted octanol–water partition coefficient (Wildman–Crippen LogP) is 7.51. The van der Waals surface area contributed by atoms with Gasteiger partial charge >= 0.3 is 12.1 Å². The van der Waals surface area contributed by atoms with E-state index in [4.69, 9.17) is 9.47 Å². The number of hydrogen-bond acceptors (Lipinski definition) is 4. The molecule has 2 aromatic carbocycles. The van der Waals surface area contributed by atoms with Crippen molar-refractivity contribution in [2.45, 2.75) is 26.1 Å². The molecule has 0 radical (unpaired) electrons. The molecule has 1 saturated carbocycles. The normalized spacial score (nSPS) is 19.9. The van der Waals surface area contributed by atoms with Crippen LogP contribution in [0.3, 0.4) is 0 Å². The third-order valence-corrected chi connectivity index (χ3v) is 5.93. The largest absolute Gasteiger partial charge is 0.457 e. The van der Waals surface area contributed by atoms with Gasteiger partial charge in [0.25, 0.3) is 0 Å². The highest BCUT2D eigenvalue weighted by molar-refractivity contribution is 9.28. The van der Waals surface area contributed by atoms with Gasteiger partial charge in [0.2, 0.25) is 6.10 Å². The lowest BCUT2D eigenvalue weighted by Gasteiger charge is -2.14. The number of benzene rings is 2. The van der Waals surface area contributed by atoms with Crippen LogP contribution < -0.4 is 4.74 Å². The van der Waals surface area contributed by atoms with Crippen LogP contribution in [0.15, 0.2) is 58.0 Å². The highest BCUT2D eigenvalue weighted by atomic mass is 79.9. The van der Waals surface area contributed by atoms with E-state index in [0.29, 0.717) is 11.3 Å². The summed E-state index contributed by atoms with van der Waals surface area (Å²) in [5.41, 5.74) is -0.673. The second kappa shape index (κ2) is 9.28. The van der Waals surface area contributed by atoms with Crippen LogP contribution in [-0.2, 0) is 15.7 Å². The third-order valence-electron chi connectivity index (χ3n) is 5.40. The van der Waals surface area contributed by atoms with Crippen LogP contribution in [0.25, 0.3) is 0 Å². The van der Waals surface area contributed by atoms with Crippen molar-refractivity contribution in [3.8, 4) is 17.6 Å². The summed E-state index contributed by atoms with van der Waals surface area (Å²) in [6.45, 7) is 3.89. The zero-order chi connectivity index (χ0) is 23.7. The smallest absolute Gasteiger partial charge is 0.416 e. The van der Waals surface area contributed by atoms with Crippen molar-refractivity contribution >= 4 is 37.8 Å². The summed E-state index contributed by atoms with van der Waals surface area (Å²) in [7, 11) is 0. The Labute approximate surface area is 200 Å². The van der Waals surface area contributed by atoms with Crippen molar-refractivity contribution in [3.63, 3.8) is 0 Å². The maximum atomic E-state index is 12.7. The number of esters is 1. The van der Waals surface area contributed by atoms with E-state index in [-0.39, 0.29) is 23.0 Å². The van der Waals surface area contributed by atoms with Gasteiger partial charge in [-0.25, -0.2) is 0 Å². The molecule has 9 heteroatoms. The summed E-state index contributed by atoms with van der Waals surface area (Å²) in [6.07, 6.45) is -3.70. The number of ether oxygens (including phenoxy) is 2. The monoisotopic (exact) mass is 571 g/mol. The Morgan fingerprint density at radius 1 is 1.16 bits per heavy atom. The molecule has 1 fully saturated rings. The molecule has 0 bridgehead atoms. The first kappa shape index (κ1) is 24.3. The molecule has 168 valence electrons. The first-order valence-corrected chi connectivity index (χ1v) is 11.1. The minimum absolute atomic E-state index is 0.0302. The van der Waals surface area contributed by atoms with Crippen LogP contribution >= 0.6 is 31.9 Å². The van der Waals surface area contributed by atoms with E-state index >= 15 is 0 Å². The maximum Gasteiger partial charge on any atom is 0.416 e. The third kappa shape index (κ3) is 5.54. The molecule has 1 aliphatic carbocycles. The minimum atomic E-state index is -4.43. The Balaban J connectivity index is 1.71. The van der Waals surface area contributed by atoms with E-state index in [9.17, 15) is 23.2 Å². The van der Waals surface area contributed by atoms with Gasteiger partial charge in [0.05, 0.1) is 14.9 Å². The molecule has 32 heavy (non-hydrogen) atoms. The second-order valence-corrected chi connectivity index (χ2v) is 10.7. The van der Waals surface area contributed by atoms with Crippen LogP contribution in [0.5, 0.6) is 11.5 Å². The predicted molar refractivity (Wildman–Crippen MR) is 119 cm³/mol. The molecule has 0 heterocycles. The zero-order valence-electron chi connectivity index (χ0n) is 17.0. The average Bonchev–Trinajstić information content (AvgIpc) is 3.25. The van der Waals surface area contributed by atoms with Crippen molar-refractivity contribution in [1.29, 1.82) is 5.26 Å². The van der Waals surface area contributed by atoms with Crippen LogP contribution in [0.4, 0.5) is 13.2 Å². The lowest BCUT2D eigenvalue weighted by Crippen LogP contribution is -2.14. The van der Waals surface area contributed by atoms with E-state index in [0.717, 1.165) is 15.5 Å². The van der Waals surface area contributed by atoms with Gasteiger partial charge in [0.15, 0.2) is 0 Å². The summed E-state index contributed by atoms with van der Waals surface area (Å²) in [5.74, 6) is -0.379. The molecule has 0 spiro atoms. The van der Waals surface area contributed by atoms with Gasteiger partial charge in [0, 0.05) is 5.56 Å². The van der Waals surface area contributed by atoms with E-state index < -0.39 is 23.8 Å². The molecule has 2 aromatic rings. The van der Waals surface area contributed by atoms with Crippen molar-refractivity contribution < 1.29 is 27.4 Å². The minimum Gasteiger partial charge on any atom is -0.457 e. The topological polar surface area (TPSA) is 59.3 Å². The highest BCUT2D eigenvalue weighted by Crippen LogP contribution is 2.60. The number of nitrogens with zero attached hydrogens (tertiary/aromatic N) is 1. The Morgan fingerprint density at radius 2 is 1.81 bits per heavy atom. The Kier molecular flexibility index (Phi) is 7.06. The van der Waals surface area contributed by atoms with Crippen LogP contribution in [0.2, 0.25) is 0 Å². The van der Waals surface area contributed by atoms with E-state index in [1.807, 2.05) is 26.0 Å². The molecule has 0 aromatic heterocycles. The SMILES string of the molecule is CC1(C)[C@H](C(=O)O[C@H](C#N)c2cccc(Oc3ccc(C(F)(F)F)cc3)c2)[C@@H]1C=C(Br)Br. The first-order chi connectivity index (χ1) is 14.9.